The summed E-state index contributed by atoms with van der Waals surface area (Å²) in [7, 11) is 5.26. The molecule has 0 saturated carbocycles. The van der Waals surface area contributed by atoms with Gasteiger partial charge in [-0.15, -0.1) is 10.2 Å². The minimum absolute atomic E-state index is 0.688. The van der Waals surface area contributed by atoms with Crippen LogP contribution in [0, 0.1) is 0 Å². The molecule has 0 aliphatic carbocycles. The number of ether oxygens (including phenoxy) is 2. The topological polar surface area (TPSA) is 49.2 Å². The Morgan fingerprint density at radius 1 is 1.04 bits per heavy atom. The van der Waals surface area contributed by atoms with E-state index in [1.165, 1.54) is 0 Å². The van der Waals surface area contributed by atoms with Crippen molar-refractivity contribution in [3.8, 4) is 22.9 Å². The molecule has 1 aromatic heterocycles. The Balaban J connectivity index is 1.78. The lowest BCUT2D eigenvalue weighted by atomic mass is 10.2. The van der Waals surface area contributed by atoms with Gasteiger partial charge in [0.05, 0.1) is 14.2 Å². The Labute approximate surface area is 155 Å². The van der Waals surface area contributed by atoms with Crippen molar-refractivity contribution in [2.24, 2.45) is 7.05 Å². The molecular weight excluding hydrogens is 358 g/mol. The van der Waals surface area contributed by atoms with Gasteiger partial charge in [0.2, 0.25) is 0 Å². The van der Waals surface area contributed by atoms with E-state index in [2.05, 4.69) is 10.2 Å². The van der Waals surface area contributed by atoms with Crippen LogP contribution < -0.4 is 9.47 Å². The van der Waals surface area contributed by atoms with Gasteiger partial charge in [-0.25, -0.2) is 0 Å². The zero-order valence-electron chi connectivity index (χ0n) is 14.2. The van der Waals surface area contributed by atoms with Crippen LogP contribution in [-0.4, -0.2) is 29.0 Å². The maximum Gasteiger partial charge on any atom is 0.191 e. The van der Waals surface area contributed by atoms with E-state index < -0.39 is 0 Å². The average molecular weight is 376 g/mol. The summed E-state index contributed by atoms with van der Waals surface area (Å²) in [6.45, 7) is 0. The third-order valence-corrected chi connectivity index (χ3v) is 5.09. The lowest BCUT2D eigenvalue weighted by molar-refractivity contribution is 0.411. The quantitative estimate of drug-likeness (QED) is 0.596. The van der Waals surface area contributed by atoms with Gasteiger partial charge in [-0.3, -0.25) is 0 Å². The second-order valence-electron chi connectivity index (χ2n) is 5.34. The van der Waals surface area contributed by atoms with Gasteiger partial charge < -0.3 is 14.0 Å². The lowest BCUT2D eigenvalue weighted by Gasteiger charge is -2.09. The number of halogens is 1. The van der Waals surface area contributed by atoms with Crippen LogP contribution in [0.1, 0.15) is 5.56 Å². The molecule has 0 fully saturated rings. The Morgan fingerprint density at radius 3 is 2.48 bits per heavy atom. The van der Waals surface area contributed by atoms with Crippen molar-refractivity contribution in [1.82, 2.24) is 14.8 Å². The van der Waals surface area contributed by atoms with E-state index in [9.17, 15) is 0 Å². The first-order chi connectivity index (χ1) is 12.1. The molecule has 0 saturated heterocycles. The number of rotatable bonds is 6. The normalized spacial score (nSPS) is 10.7. The summed E-state index contributed by atoms with van der Waals surface area (Å²) < 4.78 is 12.6. The zero-order chi connectivity index (χ0) is 17.8. The van der Waals surface area contributed by atoms with Gasteiger partial charge in [0.25, 0.3) is 0 Å². The van der Waals surface area contributed by atoms with Gasteiger partial charge in [0, 0.05) is 29.0 Å². The summed E-state index contributed by atoms with van der Waals surface area (Å²) in [5, 5.41) is 10.1. The Hall–Kier alpha value is -2.18. The number of hydrogen-bond donors (Lipinski definition) is 0. The van der Waals surface area contributed by atoms with Gasteiger partial charge in [-0.05, 0) is 42.5 Å². The van der Waals surface area contributed by atoms with E-state index >= 15 is 0 Å². The van der Waals surface area contributed by atoms with Crippen molar-refractivity contribution >= 4 is 23.4 Å². The smallest absolute Gasteiger partial charge is 0.191 e. The van der Waals surface area contributed by atoms with Crippen molar-refractivity contribution < 1.29 is 9.47 Å². The second-order valence-corrected chi connectivity index (χ2v) is 6.72. The van der Waals surface area contributed by atoms with E-state index in [0.717, 1.165) is 33.6 Å². The summed E-state index contributed by atoms with van der Waals surface area (Å²) in [6, 6.07) is 13.4. The van der Waals surface area contributed by atoms with E-state index in [0.29, 0.717) is 10.8 Å². The molecule has 0 bridgehead atoms. The molecule has 3 rings (SSSR count). The molecule has 0 N–H and O–H groups in total. The van der Waals surface area contributed by atoms with Crippen molar-refractivity contribution in [1.29, 1.82) is 0 Å². The predicted octanol–water partition coefficient (Wildman–Crippen LogP) is 4.45. The molecule has 25 heavy (non-hydrogen) atoms. The first-order valence-electron chi connectivity index (χ1n) is 7.61. The number of hydrogen-bond acceptors (Lipinski definition) is 5. The molecule has 0 atom stereocenters. The standard InChI is InChI=1S/C18H18ClN3O2S/c1-22-17(12-4-7-15(23-2)8-5-12)20-21-18(22)25-11-13-10-14(19)6-9-16(13)24-3/h4-10H,11H2,1-3H3. The van der Waals surface area contributed by atoms with Crippen LogP contribution in [-0.2, 0) is 12.8 Å². The molecule has 2 aromatic carbocycles. The summed E-state index contributed by atoms with van der Waals surface area (Å²) in [6.07, 6.45) is 0. The highest BCUT2D eigenvalue weighted by Crippen LogP contribution is 2.30. The fraction of sp³-hybridized carbons (Fsp3) is 0.222. The Morgan fingerprint density at radius 2 is 1.80 bits per heavy atom. The van der Waals surface area contributed by atoms with Gasteiger partial charge in [-0.1, -0.05) is 23.4 Å². The number of aromatic nitrogens is 3. The minimum Gasteiger partial charge on any atom is -0.497 e. The van der Waals surface area contributed by atoms with Crippen LogP contribution in [0.4, 0.5) is 0 Å². The van der Waals surface area contributed by atoms with Crippen molar-refractivity contribution in [2.45, 2.75) is 10.9 Å². The number of benzene rings is 2. The number of nitrogens with zero attached hydrogens (tertiary/aromatic N) is 3. The van der Waals surface area contributed by atoms with Crippen molar-refractivity contribution in [3.05, 3.63) is 53.1 Å². The van der Waals surface area contributed by atoms with Gasteiger partial charge >= 0.3 is 0 Å². The molecule has 0 unspecified atom stereocenters. The van der Waals surface area contributed by atoms with Crippen LogP contribution in [0.3, 0.4) is 0 Å². The minimum atomic E-state index is 0.688. The molecule has 7 heteroatoms. The third kappa shape index (κ3) is 3.91. The first kappa shape index (κ1) is 17.6. The second kappa shape index (κ2) is 7.80. The van der Waals surface area contributed by atoms with Crippen LogP contribution >= 0.6 is 23.4 Å². The fourth-order valence-corrected chi connectivity index (χ4v) is 3.52. The van der Waals surface area contributed by atoms with Gasteiger partial charge in [0.1, 0.15) is 11.5 Å². The van der Waals surface area contributed by atoms with Crippen LogP contribution in [0.15, 0.2) is 47.6 Å². The van der Waals surface area contributed by atoms with Gasteiger partial charge in [0.15, 0.2) is 11.0 Å². The summed E-state index contributed by atoms with van der Waals surface area (Å²) in [5.74, 6) is 3.13. The summed E-state index contributed by atoms with van der Waals surface area (Å²) in [5.41, 5.74) is 2.01. The maximum absolute atomic E-state index is 6.09. The molecule has 5 nitrogen and oxygen atoms in total. The lowest BCUT2D eigenvalue weighted by Crippen LogP contribution is -1.96. The maximum atomic E-state index is 6.09. The molecule has 3 aromatic rings. The third-order valence-electron chi connectivity index (χ3n) is 3.78. The number of methoxy groups -OCH3 is 2. The average Bonchev–Trinajstić information content (AvgIpc) is 3.01. The SMILES string of the molecule is COc1ccc(-c2nnc(SCc3cc(Cl)ccc3OC)n2C)cc1. The first-order valence-corrected chi connectivity index (χ1v) is 8.97. The monoisotopic (exact) mass is 375 g/mol. The predicted molar refractivity (Wildman–Crippen MR) is 101 cm³/mol. The highest BCUT2D eigenvalue weighted by atomic mass is 35.5. The zero-order valence-corrected chi connectivity index (χ0v) is 15.8. The van der Waals surface area contributed by atoms with E-state index in [1.807, 2.05) is 54.1 Å². The molecular formula is C18H18ClN3O2S. The van der Waals surface area contributed by atoms with E-state index in [-0.39, 0.29) is 0 Å². The number of thioether (sulfide) groups is 1. The molecule has 0 aliphatic heterocycles. The van der Waals surface area contributed by atoms with E-state index in [4.69, 9.17) is 21.1 Å². The van der Waals surface area contributed by atoms with Crippen LogP contribution in [0.5, 0.6) is 11.5 Å². The van der Waals surface area contributed by atoms with Crippen LogP contribution in [0.2, 0.25) is 5.02 Å². The highest BCUT2D eigenvalue weighted by Gasteiger charge is 2.13. The Bertz CT molecular complexity index is 865. The molecule has 0 amide bonds. The van der Waals surface area contributed by atoms with Gasteiger partial charge in [-0.2, -0.15) is 0 Å². The molecule has 0 aliphatic rings. The molecule has 0 radical (unpaired) electrons. The summed E-state index contributed by atoms with van der Waals surface area (Å²) >= 11 is 7.68. The summed E-state index contributed by atoms with van der Waals surface area (Å²) in [4.78, 5) is 0. The highest BCUT2D eigenvalue weighted by molar-refractivity contribution is 7.98. The van der Waals surface area contributed by atoms with Crippen molar-refractivity contribution in [3.63, 3.8) is 0 Å². The van der Waals surface area contributed by atoms with E-state index in [1.54, 1.807) is 26.0 Å². The molecule has 1 heterocycles. The Kier molecular flexibility index (Phi) is 5.50. The largest absolute Gasteiger partial charge is 0.497 e. The molecule has 0 spiro atoms. The molecule has 130 valence electrons. The van der Waals surface area contributed by atoms with Crippen LogP contribution in [0.25, 0.3) is 11.4 Å². The van der Waals surface area contributed by atoms with Crippen molar-refractivity contribution in [2.75, 3.05) is 14.2 Å². The fourth-order valence-electron chi connectivity index (χ4n) is 2.43.